The molecule has 0 aliphatic heterocycles. The van der Waals surface area contributed by atoms with Crippen LogP contribution in [0.5, 0.6) is 0 Å². The summed E-state index contributed by atoms with van der Waals surface area (Å²) in [6.07, 6.45) is 4.42. The number of hydrogen-bond acceptors (Lipinski definition) is 3. The standard InChI is InChI=1S/C10H16N4/c1-9(4-5-11)13(2)7-10-6-12-14(3)8-10/h6,8-9H,4,7H2,1-3H3. The van der Waals surface area contributed by atoms with E-state index in [1.807, 2.05) is 26.5 Å². The highest BCUT2D eigenvalue weighted by Gasteiger charge is 2.09. The quantitative estimate of drug-likeness (QED) is 0.719. The fourth-order valence-electron chi connectivity index (χ4n) is 1.29. The van der Waals surface area contributed by atoms with Gasteiger partial charge in [0.05, 0.1) is 18.7 Å². The van der Waals surface area contributed by atoms with Gasteiger partial charge in [0.25, 0.3) is 0 Å². The highest BCUT2D eigenvalue weighted by Crippen LogP contribution is 2.06. The predicted molar refractivity (Wildman–Crippen MR) is 54.4 cm³/mol. The van der Waals surface area contributed by atoms with Crippen LogP contribution in [0.3, 0.4) is 0 Å². The number of nitrogens with zero attached hydrogens (tertiary/aromatic N) is 4. The van der Waals surface area contributed by atoms with Gasteiger partial charge in [-0.25, -0.2) is 0 Å². The molecule has 0 aliphatic carbocycles. The Bertz CT molecular complexity index is 323. The van der Waals surface area contributed by atoms with Gasteiger partial charge in [0.1, 0.15) is 0 Å². The average Bonchev–Trinajstić information content (AvgIpc) is 2.51. The largest absolute Gasteiger partial charge is 0.298 e. The van der Waals surface area contributed by atoms with Crippen LogP contribution in [0.25, 0.3) is 0 Å². The number of aryl methyl sites for hydroxylation is 1. The van der Waals surface area contributed by atoms with Gasteiger partial charge in [-0.05, 0) is 14.0 Å². The molecule has 1 aromatic rings. The average molecular weight is 192 g/mol. The smallest absolute Gasteiger partial charge is 0.0638 e. The Morgan fingerprint density at radius 1 is 1.71 bits per heavy atom. The van der Waals surface area contributed by atoms with E-state index in [4.69, 9.17) is 5.26 Å². The van der Waals surface area contributed by atoms with E-state index >= 15 is 0 Å². The van der Waals surface area contributed by atoms with Crippen molar-refractivity contribution in [1.29, 1.82) is 5.26 Å². The third kappa shape index (κ3) is 2.86. The van der Waals surface area contributed by atoms with Gasteiger partial charge in [-0.2, -0.15) is 10.4 Å². The van der Waals surface area contributed by atoms with Gasteiger partial charge in [-0.15, -0.1) is 0 Å². The number of rotatable bonds is 4. The van der Waals surface area contributed by atoms with E-state index in [2.05, 4.69) is 23.0 Å². The molecule has 1 heterocycles. The highest BCUT2D eigenvalue weighted by atomic mass is 15.2. The molecule has 0 fully saturated rings. The molecule has 0 spiro atoms. The van der Waals surface area contributed by atoms with Crippen LogP contribution in [0, 0.1) is 11.3 Å². The molecule has 76 valence electrons. The molecule has 0 saturated heterocycles. The van der Waals surface area contributed by atoms with Crippen molar-refractivity contribution in [3.8, 4) is 6.07 Å². The van der Waals surface area contributed by atoms with Crippen molar-refractivity contribution in [2.45, 2.75) is 25.9 Å². The Morgan fingerprint density at radius 2 is 2.43 bits per heavy atom. The first kappa shape index (κ1) is 10.7. The molecular weight excluding hydrogens is 176 g/mol. The zero-order chi connectivity index (χ0) is 10.6. The first-order chi connectivity index (χ1) is 6.63. The summed E-state index contributed by atoms with van der Waals surface area (Å²) in [6, 6.07) is 2.47. The molecule has 4 heteroatoms. The normalized spacial score (nSPS) is 12.8. The maximum atomic E-state index is 8.56. The molecule has 0 saturated carbocycles. The van der Waals surface area contributed by atoms with E-state index in [1.165, 1.54) is 5.56 Å². The van der Waals surface area contributed by atoms with Gasteiger partial charge in [0.15, 0.2) is 0 Å². The van der Waals surface area contributed by atoms with Crippen LogP contribution in [0.1, 0.15) is 18.9 Å². The number of nitriles is 1. The van der Waals surface area contributed by atoms with E-state index < -0.39 is 0 Å². The van der Waals surface area contributed by atoms with Gasteiger partial charge in [-0.1, -0.05) is 0 Å². The molecule has 1 unspecified atom stereocenters. The second-order valence-corrected chi connectivity index (χ2v) is 3.65. The van der Waals surface area contributed by atoms with Gasteiger partial charge in [0, 0.05) is 31.4 Å². The van der Waals surface area contributed by atoms with Gasteiger partial charge in [0.2, 0.25) is 0 Å². The number of hydrogen-bond donors (Lipinski definition) is 0. The van der Waals surface area contributed by atoms with Gasteiger partial charge < -0.3 is 0 Å². The molecule has 1 atom stereocenters. The van der Waals surface area contributed by atoms with Crippen LogP contribution in [-0.4, -0.2) is 27.8 Å². The van der Waals surface area contributed by atoms with Gasteiger partial charge >= 0.3 is 0 Å². The topological polar surface area (TPSA) is 44.9 Å². The van der Waals surface area contributed by atoms with Crippen molar-refractivity contribution in [3.05, 3.63) is 18.0 Å². The molecule has 0 aliphatic rings. The lowest BCUT2D eigenvalue weighted by molar-refractivity contribution is 0.252. The van der Waals surface area contributed by atoms with Crippen molar-refractivity contribution < 1.29 is 0 Å². The van der Waals surface area contributed by atoms with Crippen molar-refractivity contribution in [3.63, 3.8) is 0 Å². The Hall–Kier alpha value is -1.34. The Balaban J connectivity index is 2.49. The molecule has 0 N–H and O–H groups in total. The molecule has 0 bridgehead atoms. The van der Waals surface area contributed by atoms with E-state index in [0.717, 1.165) is 6.54 Å². The second kappa shape index (κ2) is 4.77. The summed E-state index contributed by atoms with van der Waals surface area (Å²) in [4.78, 5) is 2.15. The van der Waals surface area contributed by atoms with E-state index in [1.54, 1.807) is 4.68 Å². The minimum absolute atomic E-state index is 0.292. The molecule has 0 radical (unpaired) electrons. The molecule has 0 aromatic carbocycles. The lowest BCUT2D eigenvalue weighted by Gasteiger charge is -2.21. The van der Waals surface area contributed by atoms with Gasteiger partial charge in [-0.3, -0.25) is 9.58 Å². The van der Waals surface area contributed by atoms with Crippen LogP contribution < -0.4 is 0 Å². The second-order valence-electron chi connectivity index (χ2n) is 3.65. The Kier molecular flexibility index (Phi) is 3.66. The molecule has 14 heavy (non-hydrogen) atoms. The van der Waals surface area contributed by atoms with E-state index in [9.17, 15) is 0 Å². The molecule has 1 rings (SSSR count). The molecule has 1 aromatic heterocycles. The SMILES string of the molecule is CC(CC#N)N(C)Cc1cnn(C)c1. The summed E-state index contributed by atoms with van der Waals surface area (Å²) in [5.41, 5.74) is 1.18. The first-order valence-corrected chi connectivity index (χ1v) is 4.68. The highest BCUT2D eigenvalue weighted by molar-refractivity contribution is 5.03. The fourth-order valence-corrected chi connectivity index (χ4v) is 1.29. The maximum Gasteiger partial charge on any atom is 0.0638 e. The van der Waals surface area contributed by atoms with Crippen LogP contribution in [0.4, 0.5) is 0 Å². The Morgan fingerprint density at radius 3 is 2.93 bits per heavy atom. The van der Waals surface area contributed by atoms with Crippen LogP contribution in [0.15, 0.2) is 12.4 Å². The summed E-state index contributed by atoms with van der Waals surface area (Å²) in [5, 5.41) is 12.7. The third-order valence-corrected chi connectivity index (χ3v) is 2.33. The summed E-state index contributed by atoms with van der Waals surface area (Å²) in [5.74, 6) is 0. The van der Waals surface area contributed by atoms with Crippen molar-refractivity contribution in [2.75, 3.05) is 7.05 Å². The van der Waals surface area contributed by atoms with Crippen LogP contribution in [0.2, 0.25) is 0 Å². The lowest BCUT2D eigenvalue weighted by atomic mass is 10.2. The van der Waals surface area contributed by atoms with Crippen molar-refractivity contribution in [1.82, 2.24) is 14.7 Å². The summed E-state index contributed by atoms with van der Waals surface area (Å²) in [6.45, 7) is 2.90. The fraction of sp³-hybridized carbons (Fsp3) is 0.600. The Labute approximate surface area is 84.7 Å². The molecular formula is C10H16N4. The van der Waals surface area contributed by atoms with E-state index in [0.29, 0.717) is 12.5 Å². The zero-order valence-corrected chi connectivity index (χ0v) is 8.94. The zero-order valence-electron chi connectivity index (χ0n) is 8.94. The number of aromatic nitrogens is 2. The predicted octanol–water partition coefficient (Wildman–Crippen LogP) is 1.15. The molecule has 4 nitrogen and oxygen atoms in total. The maximum absolute atomic E-state index is 8.56. The third-order valence-electron chi connectivity index (χ3n) is 2.33. The minimum Gasteiger partial charge on any atom is -0.298 e. The van der Waals surface area contributed by atoms with Crippen molar-refractivity contribution >= 4 is 0 Å². The van der Waals surface area contributed by atoms with E-state index in [-0.39, 0.29) is 0 Å². The summed E-state index contributed by atoms with van der Waals surface area (Å²) >= 11 is 0. The minimum atomic E-state index is 0.292. The monoisotopic (exact) mass is 192 g/mol. The lowest BCUT2D eigenvalue weighted by Crippen LogP contribution is -2.27. The first-order valence-electron chi connectivity index (χ1n) is 4.68. The van der Waals surface area contributed by atoms with Crippen LogP contribution in [-0.2, 0) is 13.6 Å². The van der Waals surface area contributed by atoms with Crippen molar-refractivity contribution in [2.24, 2.45) is 7.05 Å². The summed E-state index contributed by atoms with van der Waals surface area (Å²) in [7, 11) is 3.93. The summed E-state index contributed by atoms with van der Waals surface area (Å²) < 4.78 is 1.79. The molecule has 0 amide bonds. The van der Waals surface area contributed by atoms with Crippen LogP contribution >= 0.6 is 0 Å².